The van der Waals surface area contributed by atoms with Crippen LogP contribution in [0, 0.1) is 0 Å². The van der Waals surface area contributed by atoms with Gasteiger partial charge in [-0.05, 0) is 52.5 Å². The second-order valence-electron chi connectivity index (χ2n) is 5.54. The fraction of sp³-hybridized carbons (Fsp3) is 0.412. The van der Waals surface area contributed by atoms with E-state index in [9.17, 15) is 9.59 Å². The number of hydrogen-bond donors (Lipinski definition) is 0. The SMILES string of the molecule is CC(C)=CCCC1=CCC2=C(C1)C(=O)C(C)=CC2=O. The van der Waals surface area contributed by atoms with Crippen LogP contribution in [0.2, 0.25) is 0 Å². The second kappa shape index (κ2) is 5.52. The van der Waals surface area contributed by atoms with Crippen LogP contribution in [0.25, 0.3) is 0 Å². The lowest BCUT2D eigenvalue weighted by Crippen LogP contribution is -2.20. The first-order chi connectivity index (χ1) is 8.99. The van der Waals surface area contributed by atoms with Crippen LogP contribution >= 0.6 is 0 Å². The first kappa shape index (κ1) is 13.7. The predicted molar refractivity (Wildman–Crippen MR) is 76.8 cm³/mol. The number of ketones is 2. The molecule has 0 radical (unpaired) electrons. The number of Topliss-reactive ketones (excluding diaryl/α,β-unsaturated/α-hetero) is 1. The van der Waals surface area contributed by atoms with Crippen molar-refractivity contribution in [1.82, 2.24) is 0 Å². The summed E-state index contributed by atoms with van der Waals surface area (Å²) >= 11 is 0. The van der Waals surface area contributed by atoms with Gasteiger partial charge in [-0.25, -0.2) is 0 Å². The van der Waals surface area contributed by atoms with Gasteiger partial charge in [0, 0.05) is 16.7 Å². The number of allylic oxidation sites excluding steroid dienone is 8. The first-order valence-corrected chi connectivity index (χ1v) is 6.79. The summed E-state index contributed by atoms with van der Waals surface area (Å²) in [7, 11) is 0. The molecule has 0 amide bonds. The smallest absolute Gasteiger partial charge is 0.185 e. The van der Waals surface area contributed by atoms with Crippen molar-refractivity contribution in [3.05, 3.63) is 46.1 Å². The van der Waals surface area contributed by atoms with Crippen molar-refractivity contribution in [3.8, 4) is 0 Å². The molecule has 0 aliphatic heterocycles. The van der Waals surface area contributed by atoms with E-state index in [1.807, 2.05) is 0 Å². The first-order valence-electron chi connectivity index (χ1n) is 6.79. The summed E-state index contributed by atoms with van der Waals surface area (Å²) < 4.78 is 0. The normalized spacial score (nSPS) is 18.9. The molecular formula is C17H20O2. The van der Waals surface area contributed by atoms with Crippen LogP contribution < -0.4 is 0 Å². The lowest BCUT2D eigenvalue weighted by Gasteiger charge is -2.22. The summed E-state index contributed by atoms with van der Waals surface area (Å²) in [4.78, 5) is 24.0. The lowest BCUT2D eigenvalue weighted by molar-refractivity contribution is -0.116. The predicted octanol–water partition coefficient (Wildman–Crippen LogP) is 3.85. The highest BCUT2D eigenvalue weighted by atomic mass is 16.1. The van der Waals surface area contributed by atoms with Gasteiger partial charge in [-0.1, -0.05) is 23.3 Å². The average Bonchev–Trinajstić information content (AvgIpc) is 2.35. The minimum Gasteiger partial charge on any atom is -0.290 e. The molecule has 2 heteroatoms. The van der Waals surface area contributed by atoms with Crippen LogP contribution in [0.4, 0.5) is 0 Å². The fourth-order valence-electron chi connectivity index (χ4n) is 2.57. The summed E-state index contributed by atoms with van der Waals surface area (Å²) in [5.74, 6) is 0.0779. The topological polar surface area (TPSA) is 34.1 Å². The highest BCUT2D eigenvalue weighted by molar-refractivity contribution is 6.22. The van der Waals surface area contributed by atoms with Crippen LogP contribution in [-0.4, -0.2) is 11.6 Å². The quantitative estimate of drug-likeness (QED) is 0.568. The standard InChI is InChI=1S/C17H20O2/c1-11(2)5-4-6-13-7-8-14-15(10-13)17(19)12(3)9-16(14)18/h5,7,9H,4,6,8,10H2,1-3H3. The van der Waals surface area contributed by atoms with E-state index in [1.165, 1.54) is 17.2 Å². The van der Waals surface area contributed by atoms with Crippen LogP contribution in [0.15, 0.2) is 46.1 Å². The van der Waals surface area contributed by atoms with Crippen molar-refractivity contribution in [2.75, 3.05) is 0 Å². The maximum Gasteiger partial charge on any atom is 0.185 e. The Hall–Kier alpha value is -1.70. The van der Waals surface area contributed by atoms with E-state index in [-0.39, 0.29) is 11.6 Å². The number of rotatable bonds is 3. The molecule has 0 aromatic rings. The van der Waals surface area contributed by atoms with E-state index in [2.05, 4.69) is 26.0 Å². The molecule has 0 spiro atoms. The Morgan fingerprint density at radius 1 is 1.26 bits per heavy atom. The Morgan fingerprint density at radius 2 is 2.00 bits per heavy atom. The molecule has 0 heterocycles. The highest BCUT2D eigenvalue weighted by Crippen LogP contribution is 2.32. The number of hydrogen-bond acceptors (Lipinski definition) is 2. The second-order valence-corrected chi connectivity index (χ2v) is 5.54. The minimum absolute atomic E-state index is 0.0201. The summed E-state index contributed by atoms with van der Waals surface area (Å²) in [5, 5.41) is 0. The molecule has 0 aromatic carbocycles. The summed E-state index contributed by atoms with van der Waals surface area (Å²) in [6.07, 6.45) is 9.07. The molecule has 100 valence electrons. The highest BCUT2D eigenvalue weighted by Gasteiger charge is 2.28. The molecule has 2 aliphatic rings. The minimum atomic E-state index is 0.0201. The third-order valence-electron chi connectivity index (χ3n) is 3.66. The van der Waals surface area contributed by atoms with Gasteiger partial charge < -0.3 is 0 Å². The van der Waals surface area contributed by atoms with E-state index in [4.69, 9.17) is 0 Å². The molecule has 0 fully saturated rings. The summed E-state index contributed by atoms with van der Waals surface area (Å²) in [5.41, 5.74) is 4.63. The van der Waals surface area contributed by atoms with Gasteiger partial charge in [0.1, 0.15) is 0 Å². The van der Waals surface area contributed by atoms with Gasteiger partial charge in [0.2, 0.25) is 0 Å². The van der Waals surface area contributed by atoms with Crippen molar-refractivity contribution in [3.63, 3.8) is 0 Å². The molecule has 0 saturated carbocycles. The third kappa shape index (κ3) is 3.01. The number of carbonyl (C=O) groups is 2. The van der Waals surface area contributed by atoms with E-state index in [1.54, 1.807) is 6.92 Å². The van der Waals surface area contributed by atoms with Crippen LogP contribution in [0.5, 0.6) is 0 Å². The average molecular weight is 256 g/mol. The molecule has 19 heavy (non-hydrogen) atoms. The molecule has 2 nitrogen and oxygen atoms in total. The maximum atomic E-state index is 12.1. The number of carbonyl (C=O) groups excluding carboxylic acids is 2. The Bertz CT molecular complexity index is 550. The Kier molecular flexibility index (Phi) is 3.98. The zero-order valence-corrected chi connectivity index (χ0v) is 11.9. The summed E-state index contributed by atoms with van der Waals surface area (Å²) in [6.45, 7) is 5.91. The van der Waals surface area contributed by atoms with Crippen molar-refractivity contribution >= 4 is 11.6 Å². The molecule has 0 aromatic heterocycles. The monoisotopic (exact) mass is 256 g/mol. The molecule has 0 bridgehead atoms. The fourth-order valence-corrected chi connectivity index (χ4v) is 2.57. The van der Waals surface area contributed by atoms with Crippen molar-refractivity contribution in [1.29, 1.82) is 0 Å². The molecule has 0 saturated heterocycles. The van der Waals surface area contributed by atoms with Gasteiger partial charge in [0.15, 0.2) is 11.6 Å². The largest absolute Gasteiger partial charge is 0.290 e. The third-order valence-corrected chi connectivity index (χ3v) is 3.66. The van der Waals surface area contributed by atoms with Crippen molar-refractivity contribution < 1.29 is 9.59 Å². The molecule has 2 aliphatic carbocycles. The van der Waals surface area contributed by atoms with E-state index in [0.29, 0.717) is 24.0 Å². The Balaban J connectivity index is 2.08. The van der Waals surface area contributed by atoms with E-state index >= 15 is 0 Å². The van der Waals surface area contributed by atoms with Crippen molar-refractivity contribution in [2.45, 2.75) is 46.5 Å². The molecule has 0 atom stereocenters. The van der Waals surface area contributed by atoms with E-state index < -0.39 is 0 Å². The summed E-state index contributed by atoms with van der Waals surface area (Å²) in [6, 6.07) is 0. The van der Waals surface area contributed by atoms with Gasteiger partial charge in [-0.2, -0.15) is 0 Å². The van der Waals surface area contributed by atoms with Gasteiger partial charge in [0.25, 0.3) is 0 Å². The van der Waals surface area contributed by atoms with Crippen molar-refractivity contribution in [2.24, 2.45) is 0 Å². The molecule has 0 N–H and O–H groups in total. The van der Waals surface area contributed by atoms with Crippen LogP contribution in [0.3, 0.4) is 0 Å². The molecular weight excluding hydrogens is 236 g/mol. The molecule has 2 rings (SSSR count). The van der Waals surface area contributed by atoms with Crippen LogP contribution in [0.1, 0.15) is 46.5 Å². The molecule has 0 unspecified atom stereocenters. The van der Waals surface area contributed by atoms with Gasteiger partial charge in [0.05, 0.1) is 0 Å². The van der Waals surface area contributed by atoms with E-state index in [0.717, 1.165) is 18.4 Å². The van der Waals surface area contributed by atoms with Crippen LogP contribution in [-0.2, 0) is 9.59 Å². The zero-order valence-electron chi connectivity index (χ0n) is 11.9. The van der Waals surface area contributed by atoms with Gasteiger partial charge >= 0.3 is 0 Å². The van der Waals surface area contributed by atoms with Gasteiger partial charge in [-0.3, -0.25) is 9.59 Å². The maximum absolute atomic E-state index is 12.1. The zero-order chi connectivity index (χ0) is 14.0. The Labute approximate surface area is 114 Å². The lowest BCUT2D eigenvalue weighted by atomic mass is 9.80. The Morgan fingerprint density at radius 3 is 2.68 bits per heavy atom. The van der Waals surface area contributed by atoms with Gasteiger partial charge in [-0.15, -0.1) is 0 Å².